The number of amides is 2. The Morgan fingerprint density at radius 3 is 2.83 bits per heavy atom. The topological polar surface area (TPSA) is 79.3 Å². The first-order valence-electron chi connectivity index (χ1n) is 10.5. The summed E-state index contributed by atoms with van der Waals surface area (Å²) in [7, 11) is 0. The third-order valence-electron chi connectivity index (χ3n) is 5.63. The molecule has 7 heteroatoms. The molecule has 1 aliphatic heterocycles. The fourth-order valence-electron chi connectivity index (χ4n) is 3.77. The summed E-state index contributed by atoms with van der Waals surface area (Å²) in [6.45, 7) is 6.58. The normalized spacial score (nSPS) is 15.7. The van der Waals surface area contributed by atoms with Crippen LogP contribution in [0.4, 0.5) is 11.5 Å². The number of benzene rings is 1. The van der Waals surface area contributed by atoms with Gasteiger partial charge in [0.1, 0.15) is 0 Å². The van der Waals surface area contributed by atoms with Crippen LogP contribution in [0.15, 0.2) is 24.3 Å². The van der Waals surface area contributed by atoms with Gasteiger partial charge in [-0.1, -0.05) is 13.0 Å². The van der Waals surface area contributed by atoms with Crippen molar-refractivity contribution in [2.24, 2.45) is 5.92 Å². The van der Waals surface area contributed by atoms with E-state index in [0.717, 1.165) is 48.9 Å². The van der Waals surface area contributed by atoms with Gasteiger partial charge in [0, 0.05) is 55.5 Å². The molecule has 1 fully saturated rings. The van der Waals surface area contributed by atoms with E-state index in [1.807, 2.05) is 36.1 Å². The Hall–Kier alpha value is -2.83. The molecule has 2 aliphatic rings. The molecule has 1 aromatic carbocycles. The molecule has 1 aliphatic carbocycles. The van der Waals surface area contributed by atoms with Gasteiger partial charge in [0.15, 0.2) is 5.82 Å². The van der Waals surface area contributed by atoms with E-state index >= 15 is 0 Å². The first-order valence-corrected chi connectivity index (χ1v) is 10.5. The maximum atomic E-state index is 12.3. The van der Waals surface area contributed by atoms with Crippen molar-refractivity contribution in [3.63, 3.8) is 0 Å². The number of rotatable bonds is 7. The van der Waals surface area contributed by atoms with E-state index in [1.54, 1.807) is 6.92 Å². The fraction of sp³-hybridized carbons (Fsp3) is 0.500. The van der Waals surface area contributed by atoms with Crippen molar-refractivity contribution in [2.45, 2.75) is 52.6 Å². The number of fused-ring (bicyclic) bond motifs is 1. The second kappa shape index (κ2) is 8.27. The quantitative estimate of drug-likeness (QED) is 0.755. The van der Waals surface area contributed by atoms with Crippen molar-refractivity contribution >= 4 is 23.3 Å². The standard InChI is InChI=1S/C22H29N5O2/c1-3-10-23-22(29)17-5-4-6-18(12-17)24-21-19-14-26(15(2)28)11-9-20(19)27(25-21)13-16-7-8-16/h4-6,12,16H,3,7-11,13-14H2,1-2H3,(H,23,29)(H,24,25). The van der Waals surface area contributed by atoms with Crippen molar-refractivity contribution in [3.8, 4) is 0 Å². The lowest BCUT2D eigenvalue weighted by molar-refractivity contribution is -0.129. The average molecular weight is 396 g/mol. The van der Waals surface area contributed by atoms with Crippen LogP contribution in [0.25, 0.3) is 0 Å². The second-order valence-corrected chi connectivity index (χ2v) is 8.05. The molecular formula is C22H29N5O2. The second-order valence-electron chi connectivity index (χ2n) is 8.05. The highest BCUT2D eigenvalue weighted by atomic mass is 16.2. The van der Waals surface area contributed by atoms with E-state index in [0.29, 0.717) is 18.7 Å². The summed E-state index contributed by atoms with van der Waals surface area (Å²) in [6, 6.07) is 7.48. The molecule has 0 bridgehead atoms. The van der Waals surface area contributed by atoms with Crippen molar-refractivity contribution in [2.75, 3.05) is 18.4 Å². The summed E-state index contributed by atoms with van der Waals surface area (Å²) in [5.41, 5.74) is 3.77. The zero-order chi connectivity index (χ0) is 20.4. The molecule has 1 aromatic heterocycles. The molecule has 0 atom stereocenters. The number of carbonyl (C=O) groups excluding carboxylic acids is 2. The van der Waals surface area contributed by atoms with Gasteiger partial charge in [-0.05, 0) is 43.4 Å². The Balaban J connectivity index is 1.59. The summed E-state index contributed by atoms with van der Waals surface area (Å²) in [5.74, 6) is 1.53. The van der Waals surface area contributed by atoms with Gasteiger partial charge < -0.3 is 15.5 Å². The fourth-order valence-corrected chi connectivity index (χ4v) is 3.77. The number of nitrogens with zero attached hydrogens (tertiary/aromatic N) is 3. The Bertz CT molecular complexity index is 916. The maximum Gasteiger partial charge on any atom is 0.251 e. The Labute approximate surface area is 171 Å². The molecule has 0 radical (unpaired) electrons. The van der Waals surface area contributed by atoms with E-state index in [-0.39, 0.29) is 11.8 Å². The van der Waals surface area contributed by atoms with Gasteiger partial charge in [0.25, 0.3) is 5.91 Å². The minimum atomic E-state index is -0.0699. The van der Waals surface area contributed by atoms with E-state index in [2.05, 4.69) is 15.3 Å². The zero-order valence-corrected chi connectivity index (χ0v) is 17.2. The first-order chi connectivity index (χ1) is 14.0. The highest BCUT2D eigenvalue weighted by Gasteiger charge is 2.29. The predicted molar refractivity (Wildman–Crippen MR) is 112 cm³/mol. The summed E-state index contributed by atoms with van der Waals surface area (Å²) >= 11 is 0. The zero-order valence-electron chi connectivity index (χ0n) is 17.2. The van der Waals surface area contributed by atoms with Gasteiger partial charge in [-0.3, -0.25) is 14.3 Å². The lowest BCUT2D eigenvalue weighted by atomic mass is 10.1. The van der Waals surface area contributed by atoms with Crippen molar-refractivity contribution in [3.05, 3.63) is 41.1 Å². The summed E-state index contributed by atoms with van der Waals surface area (Å²) < 4.78 is 2.13. The van der Waals surface area contributed by atoms with E-state index in [1.165, 1.54) is 18.5 Å². The molecule has 2 amide bonds. The molecule has 2 aromatic rings. The highest BCUT2D eigenvalue weighted by Crippen LogP contribution is 2.34. The Morgan fingerprint density at radius 2 is 2.10 bits per heavy atom. The molecule has 2 heterocycles. The van der Waals surface area contributed by atoms with Gasteiger partial charge in [-0.15, -0.1) is 0 Å². The monoisotopic (exact) mass is 395 g/mol. The van der Waals surface area contributed by atoms with Gasteiger partial charge in [-0.25, -0.2) is 0 Å². The Kier molecular flexibility index (Phi) is 5.56. The number of anilines is 2. The molecule has 0 saturated heterocycles. The molecule has 2 N–H and O–H groups in total. The number of carbonyl (C=O) groups is 2. The molecule has 154 valence electrons. The van der Waals surface area contributed by atoms with Crippen molar-refractivity contribution < 1.29 is 9.59 Å². The van der Waals surface area contributed by atoms with Crippen LogP contribution in [0.2, 0.25) is 0 Å². The minimum absolute atomic E-state index is 0.0699. The number of hydrogen-bond donors (Lipinski definition) is 2. The molecule has 7 nitrogen and oxygen atoms in total. The third-order valence-corrected chi connectivity index (χ3v) is 5.63. The maximum absolute atomic E-state index is 12.3. The first kappa shape index (κ1) is 19.5. The molecular weight excluding hydrogens is 366 g/mol. The molecule has 0 spiro atoms. The lowest BCUT2D eigenvalue weighted by Gasteiger charge is -2.26. The predicted octanol–water partition coefficient (Wildman–Crippen LogP) is 3.08. The Morgan fingerprint density at radius 1 is 1.28 bits per heavy atom. The molecule has 0 unspecified atom stereocenters. The smallest absolute Gasteiger partial charge is 0.251 e. The van der Waals surface area contributed by atoms with Crippen molar-refractivity contribution in [1.29, 1.82) is 0 Å². The van der Waals surface area contributed by atoms with Gasteiger partial charge in [0.2, 0.25) is 5.91 Å². The van der Waals surface area contributed by atoms with E-state index < -0.39 is 0 Å². The number of aromatic nitrogens is 2. The third kappa shape index (κ3) is 4.44. The average Bonchev–Trinajstić information content (AvgIpc) is 3.48. The van der Waals surface area contributed by atoms with Crippen LogP contribution in [-0.4, -0.2) is 39.6 Å². The van der Waals surface area contributed by atoms with Gasteiger partial charge in [0.05, 0.1) is 6.54 Å². The van der Waals surface area contributed by atoms with Crippen LogP contribution in [-0.2, 0) is 24.3 Å². The van der Waals surface area contributed by atoms with Crippen molar-refractivity contribution in [1.82, 2.24) is 20.0 Å². The van der Waals surface area contributed by atoms with Crippen LogP contribution in [0, 0.1) is 5.92 Å². The van der Waals surface area contributed by atoms with Crippen LogP contribution in [0.3, 0.4) is 0 Å². The molecule has 29 heavy (non-hydrogen) atoms. The molecule has 4 rings (SSSR count). The molecule has 1 saturated carbocycles. The highest BCUT2D eigenvalue weighted by molar-refractivity contribution is 5.95. The van der Waals surface area contributed by atoms with Crippen LogP contribution in [0.5, 0.6) is 0 Å². The van der Waals surface area contributed by atoms with E-state index in [9.17, 15) is 9.59 Å². The summed E-state index contributed by atoms with van der Waals surface area (Å²) in [6.07, 6.45) is 4.27. The number of nitrogens with one attached hydrogen (secondary N) is 2. The van der Waals surface area contributed by atoms with Crippen LogP contribution < -0.4 is 10.6 Å². The number of hydrogen-bond acceptors (Lipinski definition) is 4. The minimum Gasteiger partial charge on any atom is -0.352 e. The largest absolute Gasteiger partial charge is 0.352 e. The lowest BCUT2D eigenvalue weighted by Crippen LogP contribution is -2.34. The SMILES string of the molecule is CCCNC(=O)c1cccc(Nc2nn(CC3CC3)c3c2CN(C(C)=O)CC3)c1. The summed E-state index contributed by atoms with van der Waals surface area (Å²) in [4.78, 5) is 26.1. The van der Waals surface area contributed by atoms with E-state index in [4.69, 9.17) is 5.10 Å². The van der Waals surface area contributed by atoms with Crippen LogP contribution in [0.1, 0.15) is 54.7 Å². The van der Waals surface area contributed by atoms with Crippen LogP contribution >= 0.6 is 0 Å². The summed E-state index contributed by atoms with van der Waals surface area (Å²) in [5, 5.41) is 11.2. The van der Waals surface area contributed by atoms with Gasteiger partial charge in [-0.2, -0.15) is 5.10 Å². The van der Waals surface area contributed by atoms with Gasteiger partial charge >= 0.3 is 0 Å².